The number of nitrogens with zero attached hydrogens (tertiary/aromatic N) is 2. The Morgan fingerprint density at radius 2 is 1.92 bits per heavy atom. The summed E-state index contributed by atoms with van der Waals surface area (Å²) in [5.41, 5.74) is 1.57. The lowest BCUT2D eigenvalue weighted by atomic mass is 9.73. The van der Waals surface area contributed by atoms with Crippen molar-refractivity contribution in [2.24, 2.45) is 5.41 Å². The normalized spacial score (nSPS) is 24.3. The molecule has 1 aromatic heterocycles. The molecular weight excluding hydrogens is 324 g/mol. The Bertz CT molecular complexity index is 713. The van der Waals surface area contributed by atoms with Gasteiger partial charge in [0, 0.05) is 31.5 Å². The Morgan fingerprint density at radius 1 is 1.04 bits per heavy atom. The molecule has 2 aromatic rings. The molecule has 0 N–H and O–H groups in total. The number of hydrogen-bond acceptors (Lipinski definition) is 3. The molecule has 0 radical (unpaired) electrons. The van der Waals surface area contributed by atoms with E-state index in [1.165, 1.54) is 18.4 Å². The monoisotopic (exact) mass is 352 g/mol. The molecule has 4 heteroatoms. The molecule has 0 bridgehead atoms. The predicted octanol–water partition coefficient (Wildman–Crippen LogP) is 3.73. The third kappa shape index (κ3) is 4.01. The highest BCUT2D eigenvalue weighted by atomic mass is 16.3. The summed E-state index contributed by atoms with van der Waals surface area (Å²) in [6.07, 6.45) is 6.86. The second-order valence-corrected chi connectivity index (χ2v) is 7.94. The zero-order valence-electron chi connectivity index (χ0n) is 15.4. The second-order valence-electron chi connectivity index (χ2n) is 7.94. The predicted molar refractivity (Wildman–Crippen MR) is 102 cm³/mol. The molecule has 1 atom stereocenters. The van der Waals surface area contributed by atoms with Gasteiger partial charge in [-0.3, -0.25) is 9.69 Å². The van der Waals surface area contributed by atoms with Crippen molar-refractivity contribution in [3.05, 3.63) is 60.1 Å². The zero-order chi connectivity index (χ0) is 17.8. The van der Waals surface area contributed by atoms with Crippen LogP contribution in [0, 0.1) is 5.41 Å². The number of furan rings is 1. The van der Waals surface area contributed by atoms with E-state index in [2.05, 4.69) is 40.1 Å². The van der Waals surface area contributed by atoms with Crippen LogP contribution in [0.4, 0.5) is 0 Å². The van der Waals surface area contributed by atoms with Crippen LogP contribution in [0.25, 0.3) is 0 Å². The van der Waals surface area contributed by atoms with Crippen LogP contribution < -0.4 is 0 Å². The zero-order valence-corrected chi connectivity index (χ0v) is 15.4. The molecule has 1 spiro atoms. The molecule has 4 rings (SSSR count). The first-order chi connectivity index (χ1) is 12.7. The molecule has 0 saturated carbocycles. The number of piperidine rings is 2. The van der Waals surface area contributed by atoms with Crippen LogP contribution in [-0.4, -0.2) is 41.9 Å². The number of benzene rings is 1. The SMILES string of the molecule is O=C1CC[C@@]2(CCCN(Cc3ccco3)C2)CN1CCc1ccccc1. The Kier molecular flexibility index (Phi) is 5.11. The minimum Gasteiger partial charge on any atom is -0.468 e. The summed E-state index contributed by atoms with van der Waals surface area (Å²) in [4.78, 5) is 17.1. The van der Waals surface area contributed by atoms with Crippen molar-refractivity contribution in [3.8, 4) is 0 Å². The molecule has 1 amide bonds. The molecule has 4 nitrogen and oxygen atoms in total. The number of likely N-dealkylation sites (tertiary alicyclic amines) is 2. The minimum absolute atomic E-state index is 0.259. The highest BCUT2D eigenvalue weighted by Gasteiger charge is 2.41. The average molecular weight is 352 g/mol. The van der Waals surface area contributed by atoms with Gasteiger partial charge in [0.2, 0.25) is 5.91 Å². The van der Waals surface area contributed by atoms with Crippen LogP contribution in [-0.2, 0) is 17.8 Å². The smallest absolute Gasteiger partial charge is 0.222 e. The fourth-order valence-corrected chi connectivity index (χ4v) is 4.62. The van der Waals surface area contributed by atoms with Gasteiger partial charge in [-0.25, -0.2) is 0 Å². The topological polar surface area (TPSA) is 36.7 Å². The van der Waals surface area contributed by atoms with Crippen LogP contribution in [0.2, 0.25) is 0 Å². The minimum atomic E-state index is 0.259. The molecule has 1 aromatic carbocycles. The number of amides is 1. The molecule has 26 heavy (non-hydrogen) atoms. The Labute approximate surface area is 155 Å². The van der Waals surface area contributed by atoms with E-state index < -0.39 is 0 Å². The maximum Gasteiger partial charge on any atom is 0.222 e. The van der Waals surface area contributed by atoms with E-state index in [0.29, 0.717) is 12.3 Å². The van der Waals surface area contributed by atoms with Gasteiger partial charge in [-0.15, -0.1) is 0 Å². The molecule has 2 saturated heterocycles. The van der Waals surface area contributed by atoms with Gasteiger partial charge in [0.25, 0.3) is 0 Å². The quantitative estimate of drug-likeness (QED) is 0.823. The van der Waals surface area contributed by atoms with Crippen LogP contribution in [0.1, 0.15) is 37.0 Å². The van der Waals surface area contributed by atoms with Gasteiger partial charge in [-0.1, -0.05) is 30.3 Å². The third-order valence-electron chi connectivity index (χ3n) is 5.96. The van der Waals surface area contributed by atoms with Crippen molar-refractivity contribution < 1.29 is 9.21 Å². The van der Waals surface area contributed by atoms with Gasteiger partial charge in [0.1, 0.15) is 5.76 Å². The summed E-state index contributed by atoms with van der Waals surface area (Å²) < 4.78 is 5.53. The van der Waals surface area contributed by atoms with E-state index in [1.54, 1.807) is 6.26 Å². The van der Waals surface area contributed by atoms with Crippen LogP contribution in [0.15, 0.2) is 53.1 Å². The van der Waals surface area contributed by atoms with Crippen molar-refractivity contribution >= 4 is 5.91 Å². The van der Waals surface area contributed by atoms with E-state index in [4.69, 9.17) is 4.42 Å². The lowest BCUT2D eigenvalue weighted by Crippen LogP contribution is -2.54. The maximum absolute atomic E-state index is 12.5. The Morgan fingerprint density at radius 3 is 2.73 bits per heavy atom. The van der Waals surface area contributed by atoms with Crippen LogP contribution >= 0.6 is 0 Å². The van der Waals surface area contributed by atoms with Crippen LogP contribution in [0.5, 0.6) is 0 Å². The van der Waals surface area contributed by atoms with Gasteiger partial charge in [0.15, 0.2) is 0 Å². The molecule has 138 valence electrons. The van der Waals surface area contributed by atoms with Crippen molar-refractivity contribution in [2.45, 2.75) is 38.6 Å². The fraction of sp³-hybridized carbons (Fsp3) is 0.500. The summed E-state index contributed by atoms with van der Waals surface area (Å²) in [5.74, 6) is 1.37. The lowest BCUT2D eigenvalue weighted by Gasteiger charge is -2.48. The van der Waals surface area contributed by atoms with Gasteiger partial charge in [0.05, 0.1) is 12.8 Å². The first-order valence-electron chi connectivity index (χ1n) is 9.79. The first kappa shape index (κ1) is 17.3. The molecule has 0 aliphatic carbocycles. The molecular formula is C22H28N2O2. The molecule has 0 unspecified atom stereocenters. The Balaban J connectivity index is 1.38. The van der Waals surface area contributed by atoms with Crippen molar-refractivity contribution in [1.82, 2.24) is 9.80 Å². The van der Waals surface area contributed by atoms with Crippen molar-refractivity contribution in [2.75, 3.05) is 26.2 Å². The largest absolute Gasteiger partial charge is 0.468 e. The van der Waals surface area contributed by atoms with Crippen molar-refractivity contribution in [3.63, 3.8) is 0 Å². The Hall–Kier alpha value is -2.07. The number of rotatable bonds is 5. The van der Waals surface area contributed by atoms with E-state index in [0.717, 1.165) is 51.3 Å². The van der Waals surface area contributed by atoms with Gasteiger partial charge >= 0.3 is 0 Å². The van der Waals surface area contributed by atoms with Crippen molar-refractivity contribution in [1.29, 1.82) is 0 Å². The summed E-state index contributed by atoms with van der Waals surface area (Å²) in [6, 6.07) is 14.5. The maximum atomic E-state index is 12.5. The summed E-state index contributed by atoms with van der Waals surface area (Å²) in [5, 5.41) is 0. The van der Waals surface area contributed by atoms with E-state index >= 15 is 0 Å². The molecule has 3 heterocycles. The van der Waals surface area contributed by atoms with E-state index in [1.807, 2.05) is 12.1 Å². The summed E-state index contributed by atoms with van der Waals surface area (Å²) in [7, 11) is 0. The number of carbonyl (C=O) groups excluding carboxylic acids is 1. The number of hydrogen-bond donors (Lipinski definition) is 0. The van der Waals surface area contributed by atoms with Gasteiger partial charge < -0.3 is 9.32 Å². The third-order valence-corrected chi connectivity index (χ3v) is 5.96. The molecule has 2 fully saturated rings. The lowest BCUT2D eigenvalue weighted by molar-refractivity contribution is -0.139. The second kappa shape index (κ2) is 7.67. The molecule has 2 aliphatic heterocycles. The first-order valence-corrected chi connectivity index (χ1v) is 9.79. The highest BCUT2D eigenvalue weighted by molar-refractivity contribution is 5.77. The summed E-state index contributed by atoms with van der Waals surface area (Å²) >= 11 is 0. The van der Waals surface area contributed by atoms with Crippen LogP contribution in [0.3, 0.4) is 0 Å². The van der Waals surface area contributed by atoms with Gasteiger partial charge in [-0.05, 0) is 49.9 Å². The highest BCUT2D eigenvalue weighted by Crippen LogP contribution is 2.39. The fourth-order valence-electron chi connectivity index (χ4n) is 4.62. The standard InChI is InChI=1S/C22H28N2O2/c25-21-9-12-22(18-24(21)14-10-19-6-2-1-3-7-19)11-5-13-23(17-22)16-20-8-4-15-26-20/h1-4,6-8,15H,5,9-14,16-18H2/t22-/m1/s1. The average Bonchev–Trinajstić information content (AvgIpc) is 3.17. The van der Waals surface area contributed by atoms with Gasteiger partial charge in [-0.2, -0.15) is 0 Å². The van der Waals surface area contributed by atoms with E-state index in [-0.39, 0.29) is 5.41 Å². The van der Waals surface area contributed by atoms with E-state index in [9.17, 15) is 4.79 Å². The summed E-state index contributed by atoms with van der Waals surface area (Å²) in [6.45, 7) is 4.83. The molecule has 2 aliphatic rings. The number of carbonyl (C=O) groups is 1.